The van der Waals surface area contributed by atoms with Crippen LogP contribution in [-0.4, -0.2) is 42.0 Å². The predicted molar refractivity (Wildman–Crippen MR) is 69.2 cm³/mol. The maximum Gasteiger partial charge on any atom is 0.246 e. The van der Waals surface area contributed by atoms with E-state index >= 15 is 0 Å². The number of amides is 2. The average Bonchev–Trinajstić information content (AvgIpc) is 2.42. The van der Waals surface area contributed by atoms with Gasteiger partial charge in [0.25, 0.3) is 0 Å². The van der Waals surface area contributed by atoms with Gasteiger partial charge < -0.3 is 10.2 Å². The molecule has 0 spiro atoms. The minimum absolute atomic E-state index is 0.0291. The highest BCUT2D eigenvalue weighted by Gasteiger charge is 2.37. The molecule has 0 radical (unpaired) electrons. The zero-order valence-electron chi connectivity index (χ0n) is 10.8. The minimum atomic E-state index is -0.637. The van der Waals surface area contributed by atoms with Crippen molar-refractivity contribution in [2.24, 2.45) is 0 Å². The number of nitrogens with zero attached hydrogens (tertiary/aromatic N) is 1. The van der Waals surface area contributed by atoms with E-state index < -0.39 is 18.8 Å². The van der Waals surface area contributed by atoms with Crippen molar-refractivity contribution in [3.63, 3.8) is 0 Å². The van der Waals surface area contributed by atoms with Gasteiger partial charge in [0.1, 0.15) is 18.8 Å². The number of piperazine rings is 1. The Morgan fingerprint density at radius 2 is 1.95 bits per heavy atom. The highest BCUT2D eigenvalue weighted by molar-refractivity contribution is 5.96. The molecular weight excluding hydrogens is 247 g/mol. The Morgan fingerprint density at radius 1 is 1.26 bits per heavy atom. The number of hydrogen-bond acceptors (Lipinski definition) is 2. The van der Waals surface area contributed by atoms with Crippen molar-refractivity contribution >= 4 is 11.8 Å². The highest BCUT2D eigenvalue weighted by atomic mass is 19.1. The summed E-state index contributed by atoms with van der Waals surface area (Å²) in [5.74, 6) is -0.442. The summed E-state index contributed by atoms with van der Waals surface area (Å²) in [5.41, 5.74) is 0.968. The second kappa shape index (κ2) is 5.82. The van der Waals surface area contributed by atoms with E-state index in [-0.39, 0.29) is 18.4 Å². The fraction of sp³-hybridized carbons (Fsp3) is 0.429. The first kappa shape index (κ1) is 13.5. The van der Waals surface area contributed by atoms with E-state index in [2.05, 4.69) is 5.32 Å². The predicted octanol–water partition coefficient (Wildman–Crippen LogP) is 0.914. The van der Waals surface area contributed by atoms with Crippen LogP contribution in [0, 0.1) is 0 Å². The summed E-state index contributed by atoms with van der Waals surface area (Å²) in [6, 6.07) is 8.25. The molecule has 0 saturated carbocycles. The lowest BCUT2D eigenvalue weighted by atomic mass is 10.0. The fourth-order valence-electron chi connectivity index (χ4n) is 2.27. The van der Waals surface area contributed by atoms with Gasteiger partial charge in [-0.2, -0.15) is 0 Å². The monoisotopic (exact) mass is 264 g/mol. The first-order valence-corrected chi connectivity index (χ1v) is 6.34. The number of alkyl halides is 1. The van der Waals surface area contributed by atoms with Crippen molar-refractivity contribution < 1.29 is 14.0 Å². The van der Waals surface area contributed by atoms with Crippen LogP contribution in [-0.2, 0) is 16.0 Å². The summed E-state index contributed by atoms with van der Waals surface area (Å²) < 4.78 is 12.5. The topological polar surface area (TPSA) is 49.4 Å². The minimum Gasteiger partial charge on any atom is -0.342 e. The van der Waals surface area contributed by atoms with Crippen LogP contribution in [0.25, 0.3) is 0 Å². The summed E-state index contributed by atoms with van der Waals surface area (Å²) in [4.78, 5) is 25.3. The van der Waals surface area contributed by atoms with Crippen LogP contribution in [0.1, 0.15) is 12.5 Å². The molecule has 0 aromatic heterocycles. The van der Waals surface area contributed by atoms with Gasteiger partial charge in [0.15, 0.2) is 0 Å². The van der Waals surface area contributed by atoms with Crippen LogP contribution in [0.5, 0.6) is 0 Å². The van der Waals surface area contributed by atoms with Crippen molar-refractivity contribution in [2.45, 2.75) is 25.4 Å². The molecule has 0 bridgehead atoms. The van der Waals surface area contributed by atoms with Crippen molar-refractivity contribution in [3.8, 4) is 0 Å². The maximum atomic E-state index is 12.5. The molecule has 102 valence electrons. The number of benzene rings is 1. The normalized spacial score (nSPS) is 23.4. The quantitative estimate of drug-likeness (QED) is 0.879. The smallest absolute Gasteiger partial charge is 0.246 e. The van der Waals surface area contributed by atoms with E-state index in [1.807, 2.05) is 30.3 Å². The molecule has 2 unspecified atom stereocenters. The van der Waals surface area contributed by atoms with Gasteiger partial charge >= 0.3 is 0 Å². The molecule has 4 nitrogen and oxygen atoms in total. The maximum absolute atomic E-state index is 12.5. The van der Waals surface area contributed by atoms with Gasteiger partial charge in [0, 0.05) is 13.0 Å². The Morgan fingerprint density at radius 3 is 2.58 bits per heavy atom. The van der Waals surface area contributed by atoms with Gasteiger partial charge in [-0.15, -0.1) is 0 Å². The Labute approximate surface area is 111 Å². The molecule has 1 saturated heterocycles. The van der Waals surface area contributed by atoms with Crippen LogP contribution >= 0.6 is 0 Å². The van der Waals surface area contributed by atoms with E-state index in [1.165, 1.54) is 4.90 Å². The van der Waals surface area contributed by atoms with E-state index in [4.69, 9.17) is 0 Å². The van der Waals surface area contributed by atoms with Crippen LogP contribution in [0.15, 0.2) is 30.3 Å². The van der Waals surface area contributed by atoms with Crippen LogP contribution < -0.4 is 5.32 Å². The first-order chi connectivity index (χ1) is 9.13. The fourth-order valence-corrected chi connectivity index (χ4v) is 2.27. The third-order valence-electron chi connectivity index (χ3n) is 3.35. The van der Waals surface area contributed by atoms with Crippen molar-refractivity contribution in [3.05, 3.63) is 35.9 Å². The molecule has 2 amide bonds. The summed E-state index contributed by atoms with van der Waals surface area (Å²) in [6.45, 7) is 0.946. The van der Waals surface area contributed by atoms with Crippen molar-refractivity contribution in [2.75, 3.05) is 13.2 Å². The molecule has 5 heteroatoms. The molecule has 1 aliphatic heterocycles. The molecule has 1 aromatic rings. The number of carbonyl (C=O) groups is 2. The number of nitrogens with one attached hydrogen (secondary N) is 1. The summed E-state index contributed by atoms with van der Waals surface area (Å²) in [5, 5.41) is 2.70. The summed E-state index contributed by atoms with van der Waals surface area (Å²) in [7, 11) is 0. The number of rotatable bonds is 4. The lowest BCUT2D eigenvalue weighted by Crippen LogP contribution is -2.63. The van der Waals surface area contributed by atoms with E-state index in [1.54, 1.807) is 6.92 Å². The van der Waals surface area contributed by atoms with Crippen LogP contribution in [0.4, 0.5) is 4.39 Å². The number of hydrogen-bond donors (Lipinski definition) is 1. The van der Waals surface area contributed by atoms with Gasteiger partial charge in [-0.25, -0.2) is 4.39 Å². The Kier molecular flexibility index (Phi) is 4.14. The standard InChI is InChI=1S/C14H17FN2O2/c1-10-13(18)16-12(14(19)17(10)8-7-15)9-11-5-3-2-4-6-11/h2-6,10,12H,7-9H2,1H3,(H,16,18). The molecule has 2 rings (SSSR count). The Bertz CT molecular complexity index is 464. The van der Waals surface area contributed by atoms with Crippen molar-refractivity contribution in [1.82, 2.24) is 10.2 Å². The lowest BCUT2D eigenvalue weighted by Gasteiger charge is -2.36. The molecule has 1 aliphatic rings. The lowest BCUT2D eigenvalue weighted by molar-refractivity contribution is -0.148. The van der Waals surface area contributed by atoms with Gasteiger partial charge in [0.2, 0.25) is 11.8 Å². The third kappa shape index (κ3) is 2.92. The highest BCUT2D eigenvalue weighted by Crippen LogP contribution is 2.13. The summed E-state index contributed by atoms with van der Waals surface area (Å²) in [6.07, 6.45) is 0.431. The summed E-state index contributed by atoms with van der Waals surface area (Å²) >= 11 is 0. The van der Waals surface area contributed by atoms with Crippen LogP contribution in [0.2, 0.25) is 0 Å². The molecule has 1 fully saturated rings. The van der Waals surface area contributed by atoms with Crippen LogP contribution in [0.3, 0.4) is 0 Å². The molecule has 0 aliphatic carbocycles. The molecule has 1 N–H and O–H groups in total. The van der Waals surface area contributed by atoms with Crippen molar-refractivity contribution in [1.29, 1.82) is 0 Å². The van der Waals surface area contributed by atoms with E-state index in [9.17, 15) is 14.0 Å². The average molecular weight is 264 g/mol. The zero-order valence-corrected chi connectivity index (χ0v) is 10.8. The second-order valence-corrected chi connectivity index (χ2v) is 4.65. The van der Waals surface area contributed by atoms with Gasteiger partial charge in [-0.3, -0.25) is 9.59 Å². The molecule has 1 heterocycles. The molecule has 2 atom stereocenters. The van der Waals surface area contributed by atoms with Gasteiger partial charge in [-0.1, -0.05) is 30.3 Å². The first-order valence-electron chi connectivity index (χ1n) is 6.34. The van der Waals surface area contributed by atoms with E-state index in [0.29, 0.717) is 6.42 Å². The molecule has 1 aromatic carbocycles. The second-order valence-electron chi connectivity index (χ2n) is 4.65. The zero-order chi connectivity index (χ0) is 13.8. The SMILES string of the molecule is CC1C(=O)NC(Cc2ccccc2)C(=O)N1CCF. The molecular formula is C14H17FN2O2. The number of halogens is 1. The number of carbonyl (C=O) groups excluding carboxylic acids is 2. The molecule has 19 heavy (non-hydrogen) atoms. The largest absolute Gasteiger partial charge is 0.342 e. The Balaban J connectivity index is 2.12. The Hall–Kier alpha value is -1.91. The van der Waals surface area contributed by atoms with Gasteiger partial charge in [0.05, 0.1) is 0 Å². The van der Waals surface area contributed by atoms with Gasteiger partial charge in [-0.05, 0) is 12.5 Å². The third-order valence-corrected chi connectivity index (χ3v) is 3.35. The van der Waals surface area contributed by atoms with E-state index in [0.717, 1.165) is 5.56 Å².